The Morgan fingerprint density at radius 3 is 2.58 bits per heavy atom. The van der Waals surface area contributed by atoms with E-state index in [1.54, 1.807) is 42.7 Å². The summed E-state index contributed by atoms with van der Waals surface area (Å²) in [6.07, 6.45) is 4.75. The van der Waals surface area contributed by atoms with Gasteiger partial charge in [0.25, 0.3) is 5.91 Å². The number of nitrogens with zero attached hydrogens (tertiary/aromatic N) is 1. The maximum Gasteiger partial charge on any atom is 0.251 e. The van der Waals surface area contributed by atoms with E-state index in [0.29, 0.717) is 12.3 Å². The number of carbonyl (C=O) groups is 1. The molecule has 1 aromatic carbocycles. The quantitative estimate of drug-likeness (QED) is 0.662. The fraction of sp³-hybridized carbons (Fsp3) is 0.111. The molecule has 0 unspecified atom stereocenters. The van der Waals surface area contributed by atoms with E-state index in [-0.39, 0.29) is 22.9 Å². The first-order valence-electron chi connectivity index (χ1n) is 7.84. The van der Waals surface area contributed by atoms with Crippen molar-refractivity contribution < 1.29 is 17.6 Å². The monoisotopic (exact) mass is 371 g/mol. The van der Waals surface area contributed by atoms with Gasteiger partial charge in [-0.2, -0.15) is 0 Å². The van der Waals surface area contributed by atoms with Gasteiger partial charge in [-0.1, -0.05) is 6.07 Å². The zero-order valence-electron chi connectivity index (χ0n) is 13.8. The van der Waals surface area contributed by atoms with Gasteiger partial charge < -0.3 is 9.73 Å². The number of hydrogen-bond acceptors (Lipinski definition) is 5. The van der Waals surface area contributed by atoms with E-state index in [1.165, 1.54) is 24.5 Å². The van der Waals surface area contributed by atoms with Crippen LogP contribution < -0.4 is 10.0 Å². The van der Waals surface area contributed by atoms with Gasteiger partial charge in [-0.3, -0.25) is 9.78 Å². The maximum atomic E-state index is 12.4. The highest BCUT2D eigenvalue weighted by Crippen LogP contribution is 2.13. The van der Waals surface area contributed by atoms with E-state index >= 15 is 0 Å². The Morgan fingerprint density at radius 1 is 1.04 bits per heavy atom. The highest BCUT2D eigenvalue weighted by atomic mass is 32.2. The highest BCUT2D eigenvalue weighted by Gasteiger charge is 2.16. The van der Waals surface area contributed by atoms with Crippen LogP contribution in [0.25, 0.3) is 0 Å². The molecule has 0 aliphatic heterocycles. The van der Waals surface area contributed by atoms with Crippen LogP contribution in [0.2, 0.25) is 0 Å². The standard InChI is InChI=1S/C18H17N3O4S/c22-18(20-12-14-6-8-19-9-7-14)15-3-1-5-17(11-15)26(23,24)21-13-16-4-2-10-25-16/h1-11,21H,12-13H2,(H,20,22). The minimum atomic E-state index is -3.76. The van der Waals surface area contributed by atoms with Crippen LogP contribution in [0.1, 0.15) is 21.7 Å². The number of benzene rings is 1. The largest absolute Gasteiger partial charge is 0.468 e. The number of hydrogen-bond donors (Lipinski definition) is 2. The number of carbonyl (C=O) groups excluding carboxylic acids is 1. The molecule has 134 valence electrons. The molecule has 26 heavy (non-hydrogen) atoms. The minimum absolute atomic E-state index is 0.0145. The van der Waals surface area contributed by atoms with Crippen molar-refractivity contribution in [2.75, 3.05) is 0 Å². The van der Waals surface area contributed by atoms with Gasteiger partial charge >= 0.3 is 0 Å². The van der Waals surface area contributed by atoms with Crippen LogP contribution in [0.3, 0.4) is 0 Å². The van der Waals surface area contributed by atoms with Crippen LogP contribution in [0.5, 0.6) is 0 Å². The van der Waals surface area contributed by atoms with Crippen LogP contribution in [0.4, 0.5) is 0 Å². The second-order valence-corrected chi connectivity index (χ2v) is 7.24. The summed E-state index contributed by atoms with van der Waals surface area (Å²) in [5, 5.41) is 2.75. The van der Waals surface area contributed by atoms with Crippen LogP contribution in [0.15, 0.2) is 76.5 Å². The Hall–Kier alpha value is -2.97. The first-order valence-corrected chi connectivity index (χ1v) is 9.32. The van der Waals surface area contributed by atoms with Crippen LogP contribution >= 0.6 is 0 Å². The Morgan fingerprint density at radius 2 is 1.85 bits per heavy atom. The number of furan rings is 1. The number of amides is 1. The lowest BCUT2D eigenvalue weighted by Gasteiger charge is -2.08. The average molecular weight is 371 g/mol. The lowest BCUT2D eigenvalue weighted by Crippen LogP contribution is -2.25. The van der Waals surface area contributed by atoms with Gasteiger partial charge in [0, 0.05) is 24.5 Å². The van der Waals surface area contributed by atoms with Crippen molar-refractivity contribution in [1.82, 2.24) is 15.0 Å². The molecular formula is C18H17N3O4S. The SMILES string of the molecule is O=C(NCc1ccncc1)c1cccc(S(=O)(=O)NCc2ccco2)c1. The molecule has 0 radical (unpaired) electrons. The van der Waals surface area contributed by atoms with E-state index in [9.17, 15) is 13.2 Å². The Labute approximate surface area is 151 Å². The lowest BCUT2D eigenvalue weighted by molar-refractivity contribution is 0.0950. The molecule has 2 aromatic heterocycles. The number of sulfonamides is 1. The Bertz CT molecular complexity index is 971. The van der Waals surface area contributed by atoms with Crippen molar-refractivity contribution in [1.29, 1.82) is 0 Å². The van der Waals surface area contributed by atoms with Crippen molar-refractivity contribution in [2.24, 2.45) is 0 Å². The molecule has 0 spiro atoms. The van der Waals surface area contributed by atoms with Gasteiger partial charge in [0.1, 0.15) is 5.76 Å². The van der Waals surface area contributed by atoms with Crippen LogP contribution in [0, 0.1) is 0 Å². The van der Waals surface area contributed by atoms with Gasteiger partial charge in [-0.05, 0) is 48.0 Å². The smallest absolute Gasteiger partial charge is 0.251 e. The van der Waals surface area contributed by atoms with Gasteiger partial charge in [-0.25, -0.2) is 13.1 Å². The normalized spacial score (nSPS) is 11.2. The van der Waals surface area contributed by atoms with Gasteiger partial charge in [0.05, 0.1) is 17.7 Å². The van der Waals surface area contributed by atoms with Crippen molar-refractivity contribution in [3.8, 4) is 0 Å². The first-order chi connectivity index (χ1) is 12.5. The molecule has 3 aromatic rings. The molecule has 0 saturated heterocycles. The number of pyridine rings is 1. The fourth-order valence-corrected chi connectivity index (χ4v) is 3.29. The maximum absolute atomic E-state index is 12.4. The third-order valence-corrected chi connectivity index (χ3v) is 5.02. The van der Waals surface area contributed by atoms with E-state index in [2.05, 4.69) is 15.0 Å². The molecule has 8 heteroatoms. The minimum Gasteiger partial charge on any atom is -0.468 e. The summed E-state index contributed by atoms with van der Waals surface area (Å²) in [7, 11) is -3.76. The molecule has 0 atom stereocenters. The van der Waals surface area contributed by atoms with E-state index in [1.807, 2.05) is 0 Å². The summed E-state index contributed by atoms with van der Waals surface area (Å²) in [6, 6.07) is 12.8. The fourth-order valence-electron chi connectivity index (χ4n) is 2.25. The number of rotatable bonds is 7. The van der Waals surface area contributed by atoms with E-state index in [0.717, 1.165) is 5.56 Å². The number of nitrogens with one attached hydrogen (secondary N) is 2. The summed E-state index contributed by atoms with van der Waals surface area (Å²) in [4.78, 5) is 16.2. The molecule has 3 rings (SSSR count). The van der Waals surface area contributed by atoms with Gasteiger partial charge in [-0.15, -0.1) is 0 Å². The van der Waals surface area contributed by atoms with Crippen molar-refractivity contribution in [3.05, 3.63) is 84.1 Å². The third-order valence-electron chi connectivity index (χ3n) is 3.63. The predicted octanol–water partition coefficient (Wildman–Crippen LogP) is 2.08. The molecule has 0 bridgehead atoms. The molecule has 2 heterocycles. The topological polar surface area (TPSA) is 101 Å². The summed E-state index contributed by atoms with van der Waals surface area (Å²) in [6.45, 7) is 0.364. The molecule has 7 nitrogen and oxygen atoms in total. The van der Waals surface area contributed by atoms with E-state index in [4.69, 9.17) is 4.42 Å². The zero-order chi connectivity index (χ0) is 18.4. The van der Waals surface area contributed by atoms with Gasteiger partial charge in [0.2, 0.25) is 10.0 Å². The van der Waals surface area contributed by atoms with Crippen molar-refractivity contribution >= 4 is 15.9 Å². The average Bonchev–Trinajstić information content (AvgIpc) is 3.19. The van der Waals surface area contributed by atoms with Crippen molar-refractivity contribution in [2.45, 2.75) is 18.0 Å². The predicted molar refractivity (Wildman–Crippen MR) is 94.6 cm³/mol. The molecule has 2 N–H and O–H groups in total. The van der Waals surface area contributed by atoms with Gasteiger partial charge in [0.15, 0.2) is 0 Å². The second kappa shape index (κ2) is 7.94. The molecular weight excluding hydrogens is 354 g/mol. The van der Waals surface area contributed by atoms with E-state index < -0.39 is 10.0 Å². The summed E-state index contributed by atoms with van der Waals surface area (Å²) in [5.41, 5.74) is 1.16. The summed E-state index contributed by atoms with van der Waals surface area (Å²) < 4.78 is 32.3. The van der Waals surface area contributed by atoms with Crippen LogP contribution in [-0.2, 0) is 23.1 Å². The number of aromatic nitrogens is 1. The Balaban J connectivity index is 1.67. The molecule has 0 fully saturated rings. The molecule has 0 aliphatic carbocycles. The second-order valence-electron chi connectivity index (χ2n) is 5.47. The summed E-state index contributed by atoms with van der Waals surface area (Å²) in [5.74, 6) is 0.143. The molecule has 0 saturated carbocycles. The first kappa shape index (κ1) is 17.8. The summed E-state index contributed by atoms with van der Waals surface area (Å²) >= 11 is 0. The zero-order valence-corrected chi connectivity index (χ0v) is 14.6. The Kier molecular flexibility index (Phi) is 5.45. The lowest BCUT2D eigenvalue weighted by atomic mass is 10.2. The van der Waals surface area contributed by atoms with Crippen LogP contribution in [-0.4, -0.2) is 19.3 Å². The molecule has 1 amide bonds. The highest BCUT2D eigenvalue weighted by molar-refractivity contribution is 7.89. The van der Waals surface area contributed by atoms with Crippen molar-refractivity contribution in [3.63, 3.8) is 0 Å². The third kappa shape index (κ3) is 4.56. The molecule has 0 aliphatic rings.